The van der Waals surface area contributed by atoms with Crippen molar-refractivity contribution in [3.8, 4) is 0 Å². The summed E-state index contributed by atoms with van der Waals surface area (Å²) in [5.74, 6) is -4.88. The molecule has 1 aliphatic heterocycles. The van der Waals surface area contributed by atoms with Crippen molar-refractivity contribution in [3.05, 3.63) is 0 Å². The topological polar surface area (TPSA) is 91.4 Å². The number of carbonyl (C=O) groups is 3. The van der Waals surface area contributed by atoms with Crippen LogP contribution in [-0.2, 0) is 28.6 Å². The number of halogens is 2. The number of amides is 2. The second kappa shape index (κ2) is 7.84. The summed E-state index contributed by atoms with van der Waals surface area (Å²) in [6.45, 7) is -2.15. The van der Waals surface area contributed by atoms with Crippen molar-refractivity contribution in [2.45, 2.75) is 18.8 Å². The summed E-state index contributed by atoms with van der Waals surface area (Å²) in [4.78, 5) is 37.6. The van der Waals surface area contributed by atoms with Gasteiger partial charge in [-0.15, -0.1) is 0 Å². The third-order valence-electron chi connectivity index (χ3n) is 2.32. The first-order valence-corrected chi connectivity index (χ1v) is 6.01. The van der Waals surface area contributed by atoms with Crippen LogP contribution in [0, 0.1) is 0 Å². The fourth-order valence-corrected chi connectivity index (χ4v) is 1.33. The van der Waals surface area contributed by atoms with Crippen LogP contribution in [0.4, 0.5) is 13.6 Å². The van der Waals surface area contributed by atoms with Crippen molar-refractivity contribution in [2.75, 3.05) is 33.5 Å². The normalized spacial score (nSPS) is 15.5. The Labute approximate surface area is 118 Å². The predicted molar refractivity (Wildman–Crippen MR) is 61.2 cm³/mol. The summed E-state index contributed by atoms with van der Waals surface area (Å²) >= 11 is 0. The number of methoxy groups -OCH3 is 1. The monoisotopic (exact) mass is 311 g/mol. The Morgan fingerprint density at radius 3 is 2.38 bits per heavy atom. The Hall–Kier alpha value is -1.81. The van der Waals surface area contributed by atoms with Crippen LogP contribution in [0.5, 0.6) is 0 Å². The molecule has 1 fully saturated rings. The van der Waals surface area contributed by atoms with Gasteiger partial charge in [-0.25, -0.2) is 13.6 Å². The Morgan fingerprint density at radius 1 is 1.19 bits per heavy atom. The highest BCUT2D eigenvalue weighted by Gasteiger charge is 2.36. The molecule has 0 aromatic carbocycles. The quantitative estimate of drug-likeness (QED) is 0.366. The van der Waals surface area contributed by atoms with Crippen LogP contribution in [-0.4, -0.2) is 62.5 Å². The third kappa shape index (κ3) is 6.00. The Kier molecular flexibility index (Phi) is 6.43. The van der Waals surface area contributed by atoms with Crippen LogP contribution in [0.25, 0.3) is 0 Å². The summed E-state index contributed by atoms with van der Waals surface area (Å²) in [7, 11) is 1.39. The van der Waals surface area contributed by atoms with Crippen LogP contribution in [0.2, 0.25) is 0 Å². The molecular formula is C11H15F2NO7. The van der Waals surface area contributed by atoms with Gasteiger partial charge in [-0.05, 0) is 0 Å². The minimum atomic E-state index is -3.42. The number of hydrogen-bond acceptors (Lipinski definition) is 7. The van der Waals surface area contributed by atoms with Gasteiger partial charge in [0.25, 0.3) is 11.8 Å². The average Bonchev–Trinajstić information content (AvgIpc) is 2.73. The van der Waals surface area contributed by atoms with E-state index < -0.39 is 37.1 Å². The minimum absolute atomic E-state index is 0.0344. The summed E-state index contributed by atoms with van der Waals surface area (Å²) < 4.78 is 39.8. The molecule has 0 spiro atoms. The van der Waals surface area contributed by atoms with E-state index in [0.29, 0.717) is 0 Å². The van der Waals surface area contributed by atoms with Crippen LogP contribution >= 0.6 is 0 Å². The van der Waals surface area contributed by atoms with Gasteiger partial charge in [-0.2, -0.15) is 0 Å². The fourth-order valence-electron chi connectivity index (χ4n) is 1.33. The van der Waals surface area contributed by atoms with Gasteiger partial charge < -0.3 is 14.2 Å². The van der Waals surface area contributed by atoms with Crippen molar-refractivity contribution in [3.63, 3.8) is 0 Å². The van der Waals surface area contributed by atoms with Gasteiger partial charge in [0.05, 0.1) is 13.2 Å². The molecule has 120 valence electrons. The Bertz CT molecular complexity index is 386. The number of hydrogen-bond donors (Lipinski definition) is 0. The molecule has 0 saturated carbocycles. The van der Waals surface area contributed by atoms with Crippen LogP contribution < -0.4 is 0 Å². The molecule has 2 amide bonds. The molecule has 0 unspecified atom stereocenters. The predicted octanol–water partition coefficient (Wildman–Crippen LogP) is 0.502. The largest absolute Gasteiger partial charge is 0.534 e. The van der Waals surface area contributed by atoms with E-state index in [1.807, 2.05) is 0 Å². The fraction of sp³-hybridized carbons (Fsp3) is 0.727. The third-order valence-corrected chi connectivity index (χ3v) is 2.32. The van der Waals surface area contributed by atoms with Crippen molar-refractivity contribution < 1.29 is 42.2 Å². The van der Waals surface area contributed by atoms with Gasteiger partial charge >= 0.3 is 12.1 Å². The molecule has 0 aliphatic carbocycles. The lowest BCUT2D eigenvalue weighted by atomic mass is 10.4. The standard InChI is InChI=1S/C11H15F2NO7/c1-18-4-5-19-6-11(12,13)7-20-10(17)21-14-8(15)2-3-9(14)16/h2-7H2,1H3. The number of rotatable bonds is 8. The lowest BCUT2D eigenvalue weighted by Crippen LogP contribution is -2.36. The molecule has 0 N–H and O–H groups in total. The Morgan fingerprint density at radius 2 is 1.81 bits per heavy atom. The van der Waals surface area contributed by atoms with Gasteiger partial charge in [-0.1, -0.05) is 5.06 Å². The van der Waals surface area contributed by atoms with Gasteiger partial charge in [0.1, 0.15) is 6.61 Å². The molecule has 1 saturated heterocycles. The van der Waals surface area contributed by atoms with Crippen molar-refractivity contribution in [1.29, 1.82) is 0 Å². The van der Waals surface area contributed by atoms with E-state index in [9.17, 15) is 23.2 Å². The average molecular weight is 311 g/mol. The Balaban J connectivity index is 2.28. The maximum Gasteiger partial charge on any atom is 0.534 e. The highest BCUT2D eigenvalue weighted by atomic mass is 19.3. The van der Waals surface area contributed by atoms with E-state index in [4.69, 9.17) is 0 Å². The van der Waals surface area contributed by atoms with Gasteiger partial charge in [0, 0.05) is 20.0 Å². The van der Waals surface area contributed by atoms with E-state index in [2.05, 4.69) is 19.0 Å². The van der Waals surface area contributed by atoms with Crippen molar-refractivity contribution >= 4 is 18.0 Å². The zero-order valence-electron chi connectivity index (χ0n) is 11.3. The number of hydroxylamine groups is 2. The van der Waals surface area contributed by atoms with Crippen LogP contribution in [0.3, 0.4) is 0 Å². The van der Waals surface area contributed by atoms with Gasteiger partial charge in [0.15, 0.2) is 6.61 Å². The van der Waals surface area contributed by atoms with Crippen molar-refractivity contribution in [1.82, 2.24) is 5.06 Å². The molecule has 0 atom stereocenters. The molecule has 1 heterocycles. The number of imide groups is 1. The summed E-state index contributed by atoms with van der Waals surface area (Å²) in [6, 6.07) is 0. The minimum Gasteiger partial charge on any atom is -0.426 e. The molecule has 0 aromatic rings. The molecule has 10 heteroatoms. The summed E-state index contributed by atoms with van der Waals surface area (Å²) in [6.07, 6.45) is -1.76. The molecule has 0 radical (unpaired) electrons. The molecule has 1 aliphatic rings. The first kappa shape index (κ1) is 17.2. The second-order valence-electron chi connectivity index (χ2n) is 4.11. The number of ether oxygens (including phenoxy) is 3. The highest BCUT2D eigenvalue weighted by Crippen LogP contribution is 2.16. The van der Waals surface area contributed by atoms with E-state index in [0.717, 1.165) is 0 Å². The first-order chi connectivity index (χ1) is 9.85. The van der Waals surface area contributed by atoms with Crippen LogP contribution in [0.1, 0.15) is 12.8 Å². The summed E-state index contributed by atoms with van der Waals surface area (Å²) in [5.41, 5.74) is 0. The lowest BCUT2D eigenvalue weighted by Gasteiger charge is -2.17. The molecular weight excluding hydrogens is 296 g/mol. The lowest BCUT2D eigenvalue weighted by molar-refractivity contribution is -0.181. The SMILES string of the molecule is COCCOCC(F)(F)COC(=O)ON1C(=O)CCC1=O. The van der Waals surface area contributed by atoms with Crippen molar-refractivity contribution in [2.24, 2.45) is 0 Å². The number of carbonyl (C=O) groups excluding carboxylic acids is 3. The van der Waals surface area contributed by atoms with E-state index in [1.54, 1.807) is 0 Å². The van der Waals surface area contributed by atoms with Crippen LogP contribution in [0.15, 0.2) is 0 Å². The maximum atomic E-state index is 13.2. The zero-order chi connectivity index (χ0) is 15.9. The molecule has 0 aromatic heterocycles. The summed E-state index contributed by atoms with van der Waals surface area (Å²) in [5, 5.41) is 0.204. The van der Waals surface area contributed by atoms with Gasteiger partial charge in [-0.3, -0.25) is 14.4 Å². The zero-order valence-corrected chi connectivity index (χ0v) is 11.3. The molecule has 1 rings (SSSR count). The second-order valence-corrected chi connectivity index (χ2v) is 4.11. The molecule has 21 heavy (non-hydrogen) atoms. The smallest absolute Gasteiger partial charge is 0.426 e. The molecule has 0 bridgehead atoms. The maximum absolute atomic E-state index is 13.2. The van der Waals surface area contributed by atoms with E-state index in [1.165, 1.54) is 7.11 Å². The number of nitrogens with zero attached hydrogens (tertiary/aromatic N) is 1. The van der Waals surface area contributed by atoms with E-state index >= 15 is 0 Å². The van der Waals surface area contributed by atoms with E-state index in [-0.39, 0.29) is 31.1 Å². The number of alkyl halides is 2. The highest BCUT2D eigenvalue weighted by molar-refractivity contribution is 6.01. The van der Waals surface area contributed by atoms with Gasteiger partial charge in [0.2, 0.25) is 0 Å². The molecule has 8 nitrogen and oxygen atoms in total. The first-order valence-electron chi connectivity index (χ1n) is 6.01.